The van der Waals surface area contributed by atoms with Crippen LogP contribution < -0.4 is 4.74 Å². The largest absolute Gasteiger partial charge is 0.508 e. The van der Waals surface area contributed by atoms with Crippen LogP contribution in [-0.2, 0) is 6.61 Å². The number of ether oxygens (including phenoxy) is 1. The summed E-state index contributed by atoms with van der Waals surface area (Å²) >= 11 is 0. The standard InChI is InChI=1S/C17H14O2/c18-16-6-3-7-17(11-16)19-12-13-8-9-14-4-1-2-5-15(14)10-13/h1-11,18H,12H2. The van der Waals surface area contributed by atoms with Crippen molar-refractivity contribution in [1.29, 1.82) is 0 Å². The average Bonchev–Trinajstić information content (AvgIpc) is 2.45. The fourth-order valence-electron chi connectivity index (χ4n) is 2.07. The predicted octanol–water partition coefficient (Wildman–Crippen LogP) is 4.12. The van der Waals surface area contributed by atoms with Crippen LogP contribution in [0.1, 0.15) is 5.56 Å². The monoisotopic (exact) mass is 250 g/mol. The molecule has 94 valence electrons. The Morgan fingerprint density at radius 1 is 0.789 bits per heavy atom. The third kappa shape index (κ3) is 2.68. The molecule has 2 heteroatoms. The molecule has 0 spiro atoms. The molecule has 0 radical (unpaired) electrons. The Hall–Kier alpha value is -2.48. The highest BCUT2D eigenvalue weighted by atomic mass is 16.5. The van der Waals surface area contributed by atoms with Crippen LogP contribution in [0.2, 0.25) is 0 Å². The van der Waals surface area contributed by atoms with Crippen LogP contribution in [0, 0.1) is 0 Å². The van der Waals surface area contributed by atoms with Gasteiger partial charge in [0.15, 0.2) is 0 Å². The number of hydrogen-bond acceptors (Lipinski definition) is 2. The zero-order valence-corrected chi connectivity index (χ0v) is 10.4. The number of benzene rings is 3. The third-order valence-corrected chi connectivity index (χ3v) is 3.04. The van der Waals surface area contributed by atoms with E-state index in [1.165, 1.54) is 10.8 Å². The molecule has 3 aromatic rings. The minimum atomic E-state index is 0.219. The molecule has 0 unspecified atom stereocenters. The van der Waals surface area contributed by atoms with Gasteiger partial charge in [-0.05, 0) is 34.5 Å². The van der Waals surface area contributed by atoms with Gasteiger partial charge in [-0.2, -0.15) is 0 Å². The van der Waals surface area contributed by atoms with E-state index >= 15 is 0 Å². The molecule has 0 atom stereocenters. The molecule has 0 fully saturated rings. The van der Waals surface area contributed by atoms with Crippen molar-refractivity contribution in [3.63, 3.8) is 0 Å². The van der Waals surface area contributed by atoms with Crippen molar-refractivity contribution < 1.29 is 9.84 Å². The molecule has 1 N–H and O–H groups in total. The fourth-order valence-corrected chi connectivity index (χ4v) is 2.07. The quantitative estimate of drug-likeness (QED) is 0.757. The molecule has 0 saturated heterocycles. The summed E-state index contributed by atoms with van der Waals surface area (Å²) in [6, 6.07) is 21.4. The average molecular weight is 250 g/mol. The second kappa shape index (κ2) is 5.02. The molecule has 0 heterocycles. The van der Waals surface area contributed by atoms with E-state index in [1.54, 1.807) is 18.2 Å². The van der Waals surface area contributed by atoms with Crippen LogP contribution in [0.25, 0.3) is 10.8 Å². The fraction of sp³-hybridized carbons (Fsp3) is 0.0588. The molecule has 3 rings (SSSR count). The lowest BCUT2D eigenvalue weighted by Gasteiger charge is -2.07. The normalized spacial score (nSPS) is 10.5. The van der Waals surface area contributed by atoms with Crippen molar-refractivity contribution in [1.82, 2.24) is 0 Å². The van der Waals surface area contributed by atoms with Crippen molar-refractivity contribution in [3.05, 3.63) is 72.3 Å². The molecular formula is C17H14O2. The molecule has 0 aliphatic heterocycles. The predicted molar refractivity (Wildman–Crippen MR) is 76.4 cm³/mol. The number of aromatic hydroxyl groups is 1. The highest BCUT2D eigenvalue weighted by Gasteiger charge is 1.99. The summed E-state index contributed by atoms with van der Waals surface area (Å²) in [7, 11) is 0. The highest BCUT2D eigenvalue weighted by molar-refractivity contribution is 5.82. The molecule has 0 saturated carbocycles. The number of phenols is 1. The second-order valence-electron chi connectivity index (χ2n) is 4.47. The van der Waals surface area contributed by atoms with E-state index in [9.17, 15) is 5.11 Å². The number of fused-ring (bicyclic) bond motifs is 1. The maximum absolute atomic E-state index is 9.37. The van der Waals surface area contributed by atoms with E-state index in [0.29, 0.717) is 12.4 Å². The summed E-state index contributed by atoms with van der Waals surface area (Å²) in [6.07, 6.45) is 0. The first-order valence-corrected chi connectivity index (χ1v) is 6.21. The van der Waals surface area contributed by atoms with Crippen molar-refractivity contribution in [2.45, 2.75) is 6.61 Å². The molecule has 0 amide bonds. The summed E-state index contributed by atoms with van der Waals surface area (Å²) in [5.41, 5.74) is 1.11. The zero-order chi connectivity index (χ0) is 13.1. The van der Waals surface area contributed by atoms with Gasteiger partial charge in [-0.1, -0.05) is 42.5 Å². The Balaban J connectivity index is 1.78. The molecule has 3 aromatic carbocycles. The van der Waals surface area contributed by atoms with E-state index in [-0.39, 0.29) is 5.75 Å². The highest BCUT2D eigenvalue weighted by Crippen LogP contribution is 2.20. The Morgan fingerprint density at radius 3 is 2.47 bits per heavy atom. The minimum absolute atomic E-state index is 0.219. The third-order valence-electron chi connectivity index (χ3n) is 3.04. The van der Waals surface area contributed by atoms with Crippen LogP contribution in [-0.4, -0.2) is 5.11 Å². The Bertz CT molecular complexity index is 704. The van der Waals surface area contributed by atoms with E-state index in [1.807, 2.05) is 18.2 Å². The maximum atomic E-state index is 9.37. The van der Waals surface area contributed by atoms with Crippen LogP contribution in [0.4, 0.5) is 0 Å². The van der Waals surface area contributed by atoms with Gasteiger partial charge in [0.1, 0.15) is 18.1 Å². The molecule has 0 aliphatic rings. The van der Waals surface area contributed by atoms with Gasteiger partial charge in [0.2, 0.25) is 0 Å². The Morgan fingerprint density at radius 2 is 1.63 bits per heavy atom. The Labute approximate surface area is 111 Å². The smallest absolute Gasteiger partial charge is 0.123 e. The lowest BCUT2D eigenvalue weighted by molar-refractivity contribution is 0.304. The van der Waals surface area contributed by atoms with Gasteiger partial charge in [0, 0.05) is 6.07 Å². The number of hydrogen-bond donors (Lipinski definition) is 1. The van der Waals surface area contributed by atoms with Gasteiger partial charge < -0.3 is 9.84 Å². The molecule has 19 heavy (non-hydrogen) atoms. The van der Waals surface area contributed by atoms with Gasteiger partial charge in [-0.3, -0.25) is 0 Å². The summed E-state index contributed by atoms with van der Waals surface area (Å²) in [6.45, 7) is 0.494. The topological polar surface area (TPSA) is 29.5 Å². The van der Waals surface area contributed by atoms with Crippen LogP contribution in [0.15, 0.2) is 66.7 Å². The van der Waals surface area contributed by atoms with Crippen LogP contribution in [0.3, 0.4) is 0 Å². The van der Waals surface area contributed by atoms with Crippen molar-refractivity contribution in [2.24, 2.45) is 0 Å². The Kier molecular flexibility index (Phi) is 3.07. The van der Waals surface area contributed by atoms with Crippen molar-refractivity contribution >= 4 is 10.8 Å². The second-order valence-corrected chi connectivity index (χ2v) is 4.47. The summed E-state index contributed by atoms with van der Waals surface area (Å²) < 4.78 is 5.66. The van der Waals surface area contributed by atoms with E-state index in [0.717, 1.165) is 5.56 Å². The molecule has 0 aliphatic carbocycles. The maximum Gasteiger partial charge on any atom is 0.123 e. The molecular weight excluding hydrogens is 236 g/mol. The van der Waals surface area contributed by atoms with Gasteiger partial charge in [0.05, 0.1) is 0 Å². The first kappa shape index (κ1) is 11.6. The SMILES string of the molecule is Oc1cccc(OCc2ccc3ccccc3c2)c1. The minimum Gasteiger partial charge on any atom is -0.508 e. The summed E-state index contributed by atoms with van der Waals surface area (Å²) in [4.78, 5) is 0. The first-order chi connectivity index (χ1) is 9.31. The van der Waals surface area contributed by atoms with Crippen LogP contribution in [0.5, 0.6) is 11.5 Å². The van der Waals surface area contributed by atoms with Gasteiger partial charge in [-0.25, -0.2) is 0 Å². The summed E-state index contributed by atoms with van der Waals surface area (Å²) in [5, 5.41) is 11.8. The van der Waals surface area contributed by atoms with Gasteiger partial charge >= 0.3 is 0 Å². The van der Waals surface area contributed by atoms with Crippen molar-refractivity contribution in [2.75, 3.05) is 0 Å². The van der Waals surface area contributed by atoms with E-state index in [2.05, 4.69) is 30.3 Å². The lowest BCUT2D eigenvalue weighted by Crippen LogP contribution is -1.95. The number of phenolic OH excluding ortho intramolecular Hbond substituents is 1. The first-order valence-electron chi connectivity index (χ1n) is 6.21. The van der Waals surface area contributed by atoms with E-state index < -0.39 is 0 Å². The van der Waals surface area contributed by atoms with Gasteiger partial charge in [-0.15, -0.1) is 0 Å². The molecule has 0 aromatic heterocycles. The van der Waals surface area contributed by atoms with Gasteiger partial charge in [0.25, 0.3) is 0 Å². The molecule has 2 nitrogen and oxygen atoms in total. The van der Waals surface area contributed by atoms with Crippen molar-refractivity contribution in [3.8, 4) is 11.5 Å². The zero-order valence-electron chi connectivity index (χ0n) is 10.4. The lowest BCUT2D eigenvalue weighted by atomic mass is 10.1. The number of rotatable bonds is 3. The molecule has 0 bridgehead atoms. The van der Waals surface area contributed by atoms with Crippen LogP contribution >= 0.6 is 0 Å². The summed E-state index contributed by atoms with van der Waals surface area (Å²) in [5.74, 6) is 0.893. The van der Waals surface area contributed by atoms with E-state index in [4.69, 9.17) is 4.74 Å².